The molecule has 0 radical (unpaired) electrons. The number of nitrogen functional groups attached to an aromatic ring is 1. The van der Waals surface area contributed by atoms with Gasteiger partial charge in [0.25, 0.3) is 5.89 Å². The number of anilines is 1. The van der Waals surface area contributed by atoms with Crippen molar-refractivity contribution in [2.75, 3.05) is 5.73 Å². The molecular weight excluding hydrogens is 270 g/mol. The van der Waals surface area contributed by atoms with Crippen LogP contribution in [-0.4, -0.2) is 10.1 Å². The fourth-order valence-corrected chi connectivity index (χ4v) is 3.78. The second kappa shape index (κ2) is 5.95. The van der Waals surface area contributed by atoms with Crippen LogP contribution in [0.25, 0.3) is 10.8 Å². The van der Waals surface area contributed by atoms with Gasteiger partial charge in [-0.05, 0) is 43.7 Å². The van der Waals surface area contributed by atoms with Gasteiger partial charge in [0, 0.05) is 5.92 Å². The SMILES string of the molecule is CCCC1CCC(c2noc(-c3ccc(N)s3)n2)CC1. The molecule has 3 rings (SSSR count). The van der Waals surface area contributed by atoms with Gasteiger partial charge in [0.2, 0.25) is 0 Å². The Hall–Kier alpha value is -1.36. The Morgan fingerprint density at radius 1 is 1.30 bits per heavy atom. The molecule has 1 aliphatic carbocycles. The van der Waals surface area contributed by atoms with Crippen LogP contribution in [0.15, 0.2) is 16.7 Å². The van der Waals surface area contributed by atoms with E-state index in [1.54, 1.807) is 0 Å². The summed E-state index contributed by atoms with van der Waals surface area (Å²) in [5, 5.41) is 4.95. The lowest BCUT2D eigenvalue weighted by Gasteiger charge is -2.26. The number of rotatable bonds is 4. The zero-order valence-electron chi connectivity index (χ0n) is 11.8. The van der Waals surface area contributed by atoms with Crippen molar-refractivity contribution in [3.63, 3.8) is 0 Å². The minimum absolute atomic E-state index is 0.470. The van der Waals surface area contributed by atoms with E-state index in [0.717, 1.165) is 21.6 Å². The normalized spacial score (nSPS) is 23.1. The van der Waals surface area contributed by atoms with E-state index < -0.39 is 0 Å². The Labute approximate surface area is 123 Å². The predicted octanol–water partition coefficient (Wildman–Crippen LogP) is 4.45. The van der Waals surface area contributed by atoms with Crippen LogP contribution in [0.5, 0.6) is 0 Å². The highest BCUT2D eigenvalue weighted by Crippen LogP contribution is 2.37. The van der Waals surface area contributed by atoms with Gasteiger partial charge in [0.15, 0.2) is 5.82 Å². The molecule has 20 heavy (non-hydrogen) atoms. The molecule has 2 aromatic rings. The summed E-state index contributed by atoms with van der Waals surface area (Å²) in [6.45, 7) is 2.27. The molecule has 4 nitrogen and oxygen atoms in total. The fraction of sp³-hybridized carbons (Fsp3) is 0.600. The first kappa shape index (κ1) is 13.6. The molecule has 0 aromatic carbocycles. The van der Waals surface area contributed by atoms with Crippen LogP contribution in [0.2, 0.25) is 0 Å². The molecule has 0 aliphatic heterocycles. The van der Waals surface area contributed by atoms with Crippen molar-refractivity contribution in [3.05, 3.63) is 18.0 Å². The van der Waals surface area contributed by atoms with Gasteiger partial charge >= 0.3 is 0 Å². The maximum atomic E-state index is 5.74. The summed E-state index contributed by atoms with van der Waals surface area (Å²) in [5.74, 6) is 2.86. The van der Waals surface area contributed by atoms with Crippen molar-refractivity contribution >= 4 is 16.3 Å². The van der Waals surface area contributed by atoms with Gasteiger partial charge in [-0.15, -0.1) is 11.3 Å². The first-order chi connectivity index (χ1) is 9.76. The molecule has 0 atom stereocenters. The number of thiophene rings is 1. The van der Waals surface area contributed by atoms with Gasteiger partial charge in [-0.3, -0.25) is 0 Å². The molecule has 0 amide bonds. The van der Waals surface area contributed by atoms with E-state index in [1.807, 2.05) is 12.1 Å². The van der Waals surface area contributed by atoms with Crippen molar-refractivity contribution in [3.8, 4) is 10.8 Å². The topological polar surface area (TPSA) is 64.9 Å². The van der Waals surface area contributed by atoms with Crippen LogP contribution in [0, 0.1) is 5.92 Å². The maximum absolute atomic E-state index is 5.74. The van der Waals surface area contributed by atoms with Crippen molar-refractivity contribution in [1.82, 2.24) is 10.1 Å². The van der Waals surface area contributed by atoms with E-state index in [2.05, 4.69) is 17.1 Å². The van der Waals surface area contributed by atoms with Crippen molar-refractivity contribution < 1.29 is 4.52 Å². The van der Waals surface area contributed by atoms with E-state index in [9.17, 15) is 0 Å². The molecule has 0 bridgehead atoms. The molecule has 0 spiro atoms. The number of aromatic nitrogens is 2. The third kappa shape index (κ3) is 2.87. The summed E-state index contributed by atoms with van der Waals surface area (Å²) >= 11 is 1.49. The molecule has 0 saturated heterocycles. The van der Waals surface area contributed by atoms with Crippen LogP contribution in [0.4, 0.5) is 5.00 Å². The molecule has 2 N–H and O–H groups in total. The lowest BCUT2D eigenvalue weighted by molar-refractivity contribution is 0.296. The van der Waals surface area contributed by atoms with Crippen molar-refractivity contribution in [2.45, 2.75) is 51.4 Å². The Balaban J connectivity index is 1.66. The van der Waals surface area contributed by atoms with E-state index >= 15 is 0 Å². The Bertz CT molecular complexity index is 555. The van der Waals surface area contributed by atoms with E-state index in [4.69, 9.17) is 10.3 Å². The van der Waals surface area contributed by atoms with Gasteiger partial charge in [-0.25, -0.2) is 0 Å². The standard InChI is InChI=1S/C15H21N3OS/c1-2-3-10-4-6-11(7-5-10)14-17-15(19-18-14)12-8-9-13(16)20-12/h8-11H,2-7,16H2,1H3. The van der Waals surface area contributed by atoms with E-state index in [0.29, 0.717) is 11.8 Å². The molecular formula is C15H21N3OS. The smallest absolute Gasteiger partial charge is 0.268 e. The first-order valence-electron chi connectivity index (χ1n) is 7.45. The molecule has 0 unspecified atom stereocenters. The molecule has 108 valence electrons. The van der Waals surface area contributed by atoms with Gasteiger partial charge in [-0.1, -0.05) is 24.9 Å². The molecule has 1 fully saturated rings. The predicted molar refractivity (Wildman–Crippen MR) is 81.6 cm³/mol. The van der Waals surface area contributed by atoms with Crippen molar-refractivity contribution in [2.24, 2.45) is 5.92 Å². The highest BCUT2D eigenvalue weighted by molar-refractivity contribution is 7.19. The van der Waals surface area contributed by atoms with Crippen LogP contribution >= 0.6 is 11.3 Å². The van der Waals surface area contributed by atoms with Crippen molar-refractivity contribution in [1.29, 1.82) is 0 Å². The average molecular weight is 291 g/mol. The third-order valence-electron chi connectivity index (χ3n) is 4.19. The van der Waals surface area contributed by atoms with Gasteiger partial charge < -0.3 is 10.3 Å². The number of hydrogen-bond donors (Lipinski definition) is 1. The summed E-state index contributed by atoms with van der Waals surface area (Å²) in [7, 11) is 0. The Morgan fingerprint density at radius 2 is 2.10 bits per heavy atom. The summed E-state index contributed by atoms with van der Waals surface area (Å²) < 4.78 is 5.39. The second-order valence-corrected chi connectivity index (χ2v) is 6.78. The molecule has 2 aromatic heterocycles. The lowest BCUT2D eigenvalue weighted by atomic mass is 9.80. The number of nitrogens with zero attached hydrogens (tertiary/aromatic N) is 2. The third-order valence-corrected chi connectivity index (χ3v) is 5.09. The summed E-state index contributed by atoms with van der Waals surface area (Å²) in [5.41, 5.74) is 5.74. The van der Waals surface area contributed by atoms with E-state index in [-0.39, 0.29) is 0 Å². The summed E-state index contributed by atoms with van der Waals surface area (Å²) in [6, 6.07) is 3.81. The van der Waals surface area contributed by atoms with Crippen LogP contribution < -0.4 is 5.73 Å². The van der Waals surface area contributed by atoms with E-state index in [1.165, 1.54) is 49.9 Å². The molecule has 5 heteroatoms. The highest BCUT2D eigenvalue weighted by Gasteiger charge is 2.25. The fourth-order valence-electron chi connectivity index (χ4n) is 3.09. The zero-order valence-corrected chi connectivity index (χ0v) is 12.7. The molecule has 1 saturated carbocycles. The molecule has 1 aliphatic rings. The minimum Gasteiger partial charge on any atom is -0.391 e. The minimum atomic E-state index is 0.470. The maximum Gasteiger partial charge on any atom is 0.268 e. The second-order valence-electron chi connectivity index (χ2n) is 5.67. The van der Waals surface area contributed by atoms with Crippen LogP contribution in [-0.2, 0) is 0 Å². The van der Waals surface area contributed by atoms with Gasteiger partial charge in [0.05, 0.1) is 9.88 Å². The Morgan fingerprint density at radius 3 is 2.75 bits per heavy atom. The number of nitrogens with two attached hydrogens (primary N) is 1. The lowest BCUT2D eigenvalue weighted by Crippen LogP contribution is -2.14. The number of hydrogen-bond acceptors (Lipinski definition) is 5. The monoisotopic (exact) mass is 291 g/mol. The van der Waals surface area contributed by atoms with Crippen LogP contribution in [0.1, 0.15) is 57.2 Å². The first-order valence-corrected chi connectivity index (χ1v) is 8.27. The highest BCUT2D eigenvalue weighted by atomic mass is 32.1. The zero-order chi connectivity index (χ0) is 13.9. The van der Waals surface area contributed by atoms with Gasteiger partial charge in [0.1, 0.15) is 0 Å². The van der Waals surface area contributed by atoms with Gasteiger partial charge in [-0.2, -0.15) is 4.98 Å². The van der Waals surface area contributed by atoms with Crippen LogP contribution in [0.3, 0.4) is 0 Å². The largest absolute Gasteiger partial charge is 0.391 e. The average Bonchev–Trinajstić information content (AvgIpc) is 3.09. The molecule has 2 heterocycles. The quantitative estimate of drug-likeness (QED) is 0.903. The Kier molecular flexibility index (Phi) is 4.05. The summed E-state index contributed by atoms with van der Waals surface area (Å²) in [4.78, 5) is 5.52. The summed E-state index contributed by atoms with van der Waals surface area (Å²) in [6.07, 6.45) is 7.63.